The van der Waals surface area contributed by atoms with Gasteiger partial charge in [0.1, 0.15) is 18.2 Å². The minimum absolute atomic E-state index is 0.125. The molecule has 0 aromatic heterocycles. The zero-order valence-corrected chi connectivity index (χ0v) is 12.6. The molecule has 3 rings (SSSR count). The van der Waals surface area contributed by atoms with Crippen LogP contribution < -0.4 is 10.1 Å². The largest absolute Gasteiger partial charge is 0.491 e. The first-order valence-corrected chi connectivity index (χ1v) is 7.62. The van der Waals surface area contributed by atoms with E-state index in [1.165, 1.54) is 12.1 Å². The number of ether oxygens (including phenoxy) is 2. The second kappa shape index (κ2) is 7.24. The Morgan fingerprint density at radius 2 is 2.13 bits per heavy atom. The average Bonchev–Trinajstić information content (AvgIpc) is 3.07. The molecule has 1 aliphatic rings. The van der Waals surface area contributed by atoms with Crippen molar-refractivity contribution in [2.24, 2.45) is 0 Å². The number of carbonyl (C=O) groups is 1. The van der Waals surface area contributed by atoms with Gasteiger partial charge in [-0.3, -0.25) is 4.79 Å². The molecule has 1 N–H and O–H groups in total. The van der Waals surface area contributed by atoms with Gasteiger partial charge in [-0.05, 0) is 49.2 Å². The Kier molecular flexibility index (Phi) is 4.88. The van der Waals surface area contributed by atoms with Crippen LogP contribution >= 0.6 is 0 Å². The molecule has 0 spiro atoms. The molecule has 0 saturated carbocycles. The molecule has 2 aromatic rings. The Hall–Kier alpha value is -2.40. The third-order valence-corrected chi connectivity index (χ3v) is 3.64. The van der Waals surface area contributed by atoms with Crippen LogP contribution in [0.4, 0.5) is 10.1 Å². The van der Waals surface area contributed by atoms with Crippen molar-refractivity contribution in [2.45, 2.75) is 18.9 Å². The average molecular weight is 315 g/mol. The fourth-order valence-electron chi connectivity index (χ4n) is 2.46. The minimum atomic E-state index is -0.392. The number of hydrogen-bond acceptors (Lipinski definition) is 3. The number of anilines is 1. The smallest absolute Gasteiger partial charge is 0.255 e. The van der Waals surface area contributed by atoms with E-state index in [9.17, 15) is 9.18 Å². The highest BCUT2D eigenvalue weighted by molar-refractivity contribution is 6.04. The van der Waals surface area contributed by atoms with Gasteiger partial charge in [0.05, 0.1) is 6.10 Å². The van der Waals surface area contributed by atoms with Crippen molar-refractivity contribution in [3.05, 3.63) is 59.9 Å². The van der Waals surface area contributed by atoms with E-state index < -0.39 is 5.82 Å². The Morgan fingerprint density at radius 3 is 2.91 bits per heavy atom. The molecule has 4 nitrogen and oxygen atoms in total. The molecule has 1 unspecified atom stereocenters. The van der Waals surface area contributed by atoms with E-state index in [0.29, 0.717) is 23.6 Å². The molecule has 1 atom stereocenters. The number of carbonyl (C=O) groups excluding carboxylic acids is 1. The van der Waals surface area contributed by atoms with Crippen molar-refractivity contribution in [3.63, 3.8) is 0 Å². The fourth-order valence-corrected chi connectivity index (χ4v) is 2.46. The molecule has 0 aliphatic carbocycles. The number of amides is 1. The molecule has 120 valence electrons. The lowest BCUT2D eigenvalue weighted by Crippen LogP contribution is -2.17. The molecule has 2 aromatic carbocycles. The molecule has 1 fully saturated rings. The Balaban J connectivity index is 1.62. The topological polar surface area (TPSA) is 47.6 Å². The van der Waals surface area contributed by atoms with Crippen LogP contribution in [-0.4, -0.2) is 25.2 Å². The summed E-state index contributed by atoms with van der Waals surface area (Å²) in [4.78, 5) is 12.2. The molecular formula is C18H18FNO3. The summed E-state index contributed by atoms with van der Waals surface area (Å²) in [6.45, 7) is 1.26. The summed E-state index contributed by atoms with van der Waals surface area (Å²) < 4.78 is 24.3. The molecule has 23 heavy (non-hydrogen) atoms. The Morgan fingerprint density at radius 1 is 1.26 bits per heavy atom. The second-order valence-electron chi connectivity index (χ2n) is 5.44. The monoisotopic (exact) mass is 315 g/mol. The number of hydrogen-bond donors (Lipinski definition) is 1. The molecule has 5 heteroatoms. The van der Waals surface area contributed by atoms with Gasteiger partial charge in [0.15, 0.2) is 0 Å². The lowest BCUT2D eigenvalue weighted by Gasteiger charge is -2.12. The van der Waals surface area contributed by atoms with Crippen LogP contribution in [0, 0.1) is 5.82 Å². The Bertz CT molecular complexity index is 683. The maximum Gasteiger partial charge on any atom is 0.255 e. The van der Waals surface area contributed by atoms with Crippen molar-refractivity contribution >= 4 is 11.6 Å². The van der Waals surface area contributed by atoms with Crippen LogP contribution in [0.5, 0.6) is 5.75 Å². The van der Waals surface area contributed by atoms with E-state index in [1.807, 2.05) is 0 Å². The van der Waals surface area contributed by atoms with Gasteiger partial charge in [0.25, 0.3) is 5.91 Å². The SMILES string of the molecule is O=C(Nc1cccc(F)c1)c1cccc(OCC2CCCO2)c1. The van der Waals surface area contributed by atoms with Crippen molar-refractivity contribution < 1.29 is 18.7 Å². The standard InChI is InChI=1S/C18H18FNO3/c19-14-5-2-6-15(11-14)20-18(21)13-4-1-7-16(10-13)23-12-17-8-3-9-22-17/h1-2,4-7,10-11,17H,3,8-9,12H2,(H,20,21). The molecule has 0 bridgehead atoms. The summed E-state index contributed by atoms with van der Waals surface area (Å²) in [6, 6.07) is 12.7. The minimum Gasteiger partial charge on any atom is -0.491 e. The van der Waals surface area contributed by atoms with Crippen LogP contribution in [0.2, 0.25) is 0 Å². The highest BCUT2D eigenvalue weighted by Gasteiger charge is 2.16. The predicted octanol–water partition coefficient (Wildman–Crippen LogP) is 3.64. The van der Waals surface area contributed by atoms with Gasteiger partial charge >= 0.3 is 0 Å². The first-order valence-electron chi connectivity index (χ1n) is 7.62. The maximum atomic E-state index is 13.1. The van der Waals surface area contributed by atoms with Crippen molar-refractivity contribution in [3.8, 4) is 5.75 Å². The van der Waals surface area contributed by atoms with E-state index in [4.69, 9.17) is 9.47 Å². The molecule has 1 aliphatic heterocycles. The lowest BCUT2D eigenvalue weighted by atomic mass is 10.2. The van der Waals surface area contributed by atoms with Crippen LogP contribution in [-0.2, 0) is 4.74 Å². The van der Waals surface area contributed by atoms with E-state index >= 15 is 0 Å². The molecule has 1 heterocycles. The number of halogens is 1. The summed E-state index contributed by atoms with van der Waals surface area (Å²) in [7, 11) is 0. The van der Waals surface area contributed by atoms with Gasteiger partial charge in [-0.15, -0.1) is 0 Å². The zero-order chi connectivity index (χ0) is 16.1. The highest BCUT2D eigenvalue weighted by Crippen LogP contribution is 2.18. The molecule has 1 saturated heterocycles. The summed E-state index contributed by atoms with van der Waals surface area (Å²) >= 11 is 0. The van der Waals surface area contributed by atoms with Crippen molar-refractivity contribution in [1.82, 2.24) is 0 Å². The van der Waals surface area contributed by atoms with Crippen molar-refractivity contribution in [2.75, 3.05) is 18.5 Å². The van der Waals surface area contributed by atoms with E-state index in [1.54, 1.807) is 36.4 Å². The lowest BCUT2D eigenvalue weighted by molar-refractivity contribution is 0.0679. The third kappa shape index (κ3) is 4.29. The predicted molar refractivity (Wildman–Crippen MR) is 85.3 cm³/mol. The van der Waals surface area contributed by atoms with E-state index in [0.717, 1.165) is 19.4 Å². The van der Waals surface area contributed by atoms with Crippen LogP contribution in [0.25, 0.3) is 0 Å². The second-order valence-corrected chi connectivity index (χ2v) is 5.44. The van der Waals surface area contributed by atoms with Gasteiger partial charge in [-0.25, -0.2) is 4.39 Å². The highest BCUT2D eigenvalue weighted by atomic mass is 19.1. The van der Waals surface area contributed by atoms with Gasteiger partial charge in [-0.1, -0.05) is 12.1 Å². The van der Waals surface area contributed by atoms with Crippen LogP contribution in [0.15, 0.2) is 48.5 Å². The van der Waals surface area contributed by atoms with Gasteiger partial charge < -0.3 is 14.8 Å². The summed E-state index contributed by atoms with van der Waals surface area (Å²) in [5.74, 6) is -0.0815. The quantitative estimate of drug-likeness (QED) is 0.916. The first kappa shape index (κ1) is 15.5. The maximum absolute atomic E-state index is 13.1. The number of rotatable bonds is 5. The number of nitrogens with one attached hydrogen (secondary N) is 1. The van der Waals surface area contributed by atoms with Crippen LogP contribution in [0.3, 0.4) is 0 Å². The van der Waals surface area contributed by atoms with Gasteiger partial charge in [0, 0.05) is 17.9 Å². The molecule has 0 radical (unpaired) electrons. The molecular weight excluding hydrogens is 297 g/mol. The summed E-state index contributed by atoms with van der Waals surface area (Å²) in [5.41, 5.74) is 0.875. The van der Waals surface area contributed by atoms with E-state index in [-0.39, 0.29) is 12.0 Å². The normalized spacial score (nSPS) is 17.0. The van der Waals surface area contributed by atoms with Gasteiger partial charge in [-0.2, -0.15) is 0 Å². The Labute approximate surface area is 134 Å². The van der Waals surface area contributed by atoms with E-state index in [2.05, 4.69) is 5.32 Å². The third-order valence-electron chi connectivity index (χ3n) is 3.64. The van der Waals surface area contributed by atoms with Crippen molar-refractivity contribution in [1.29, 1.82) is 0 Å². The van der Waals surface area contributed by atoms with Gasteiger partial charge in [0.2, 0.25) is 0 Å². The fraction of sp³-hybridized carbons (Fsp3) is 0.278. The summed E-state index contributed by atoms with van der Waals surface area (Å²) in [5, 5.41) is 2.66. The zero-order valence-electron chi connectivity index (χ0n) is 12.6. The van der Waals surface area contributed by atoms with Crippen LogP contribution in [0.1, 0.15) is 23.2 Å². The number of benzene rings is 2. The molecule has 1 amide bonds. The first-order chi connectivity index (χ1) is 11.2. The summed E-state index contributed by atoms with van der Waals surface area (Å²) in [6.07, 6.45) is 2.18.